The van der Waals surface area contributed by atoms with Crippen LogP contribution in [0.15, 0.2) is 18.2 Å². The van der Waals surface area contributed by atoms with Crippen molar-refractivity contribution < 1.29 is 0 Å². The van der Waals surface area contributed by atoms with Gasteiger partial charge in [-0.1, -0.05) is 12.1 Å². The number of aryl methyl sites for hydroxylation is 1. The van der Waals surface area contributed by atoms with Crippen molar-refractivity contribution in [2.24, 2.45) is 0 Å². The molecule has 2 aromatic rings. The van der Waals surface area contributed by atoms with Crippen molar-refractivity contribution in [3.8, 4) is 6.07 Å². The van der Waals surface area contributed by atoms with Crippen molar-refractivity contribution in [1.29, 1.82) is 5.26 Å². The fourth-order valence-corrected chi connectivity index (χ4v) is 2.25. The Balaban J connectivity index is 2.02. The minimum absolute atomic E-state index is 0.432. The van der Waals surface area contributed by atoms with Crippen molar-refractivity contribution in [2.75, 3.05) is 11.1 Å². The molecule has 106 valence electrons. The second kappa shape index (κ2) is 5.06. The molecule has 21 heavy (non-hydrogen) atoms. The number of anilines is 3. The molecule has 3 N–H and O–H groups in total. The van der Waals surface area contributed by atoms with Gasteiger partial charge in [0.2, 0.25) is 0 Å². The summed E-state index contributed by atoms with van der Waals surface area (Å²) < 4.78 is 0. The van der Waals surface area contributed by atoms with Gasteiger partial charge in [0.25, 0.3) is 0 Å². The van der Waals surface area contributed by atoms with Crippen LogP contribution >= 0.6 is 0 Å². The number of nitriles is 1. The van der Waals surface area contributed by atoms with E-state index >= 15 is 0 Å². The van der Waals surface area contributed by atoms with E-state index in [4.69, 9.17) is 5.73 Å². The Kier molecular flexibility index (Phi) is 3.22. The average molecular weight is 279 g/mol. The highest BCUT2D eigenvalue weighted by atomic mass is 15.1. The molecule has 5 nitrogen and oxygen atoms in total. The van der Waals surface area contributed by atoms with E-state index in [2.05, 4.69) is 21.4 Å². The average Bonchev–Trinajstić information content (AvgIpc) is 3.28. The molecule has 1 aromatic carbocycles. The Morgan fingerprint density at radius 3 is 2.71 bits per heavy atom. The molecular formula is C16H17N5. The molecule has 1 saturated carbocycles. The summed E-state index contributed by atoms with van der Waals surface area (Å²) in [4.78, 5) is 8.94. The maximum absolute atomic E-state index is 9.31. The van der Waals surface area contributed by atoms with Crippen molar-refractivity contribution in [2.45, 2.75) is 32.6 Å². The van der Waals surface area contributed by atoms with Crippen LogP contribution < -0.4 is 11.1 Å². The van der Waals surface area contributed by atoms with Crippen molar-refractivity contribution in [1.82, 2.24) is 9.97 Å². The van der Waals surface area contributed by atoms with Crippen LogP contribution in [-0.2, 0) is 0 Å². The lowest BCUT2D eigenvalue weighted by molar-refractivity contribution is 0.927. The Morgan fingerprint density at radius 1 is 1.29 bits per heavy atom. The molecule has 0 saturated heterocycles. The third-order valence-electron chi connectivity index (χ3n) is 3.78. The van der Waals surface area contributed by atoms with Gasteiger partial charge in [-0.05, 0) is 38.3 Å². The minimum Gasteiger partial charge on any atom is -0.383 e. The summed E-state index contributed by atoms with van der Waals surface area (Å²) in [6.07, 6.45) is 2.24. The number of nitrogens with zero attached hydrogens (tertiary/aromatic N) is 3. The Bertz CT molecular complexity index is 741. The Morgan fingerprint density at radius 2 is 2.05 bits per heavy atom. The van der Waals surface area contributed by atoms with Gasteiger partial charge in [-0.2, -0.15) is 5.26 Å². The normalized spacial score (nSPS) is 13.8. The summed E-state index contributed by atoms with van der Waals surface area (Å²) in [6.45, 7) is 3.80. The van der Waals surface area contributed by atoms with Gasteiger partial charge in [-0.25, -0.2) is 9.97 Å². The molecule has 0 spiro atoms. The monoisotopic (exact) mass is 279 g/mol. The van der Waals surface area contributed by atoms with Crippen molar-refractivity contribution in [3.05, 3.63) is 40.7 Å². The minimum atomic E-state index is 0.432. The quantitative estimate of drug-likeness (QED) is 0.901. The second-order valence-corrected chi connectivity index (χ2v) is 5.45. The molecule has 0 unspecified atom stereocenters. The molecule has 1 aliphatic carbocycles. The Hall–Kier alpha value is -2.61. The molecule has 1 heterocycles. The lowest BCUT2D eigenvalue weighted by Gasteiger charge is -2.13. The third-order valence-corrected chi connectivity index (χ3v) is 3.78. The summed E-state index contributed by atoms with van der Waals surface area (Å²) in [7, 11) is 0. The highest BCUT2D eigenvalue weighted by molar-refractivity contribution is 5.70. The van der Waals surface area contributed by atoms with Crippen LogP contribution in [0.3, 0.4) is 0 Å². The Labute approximate surface area is 123 Å². The van der Waals surface area contributed by atoms with Gasteiger partial charge in [-0.3, -0.25) is 0 Å². The van der Waals surface area contributed by atoms with Gasteiger partial charge in [0.1, 0.15) is 23.5 Å². The van der Waals surface area contributed by atoms with Crippen LogP contribution in [0.2, 0.25) is 0 Å². The zero-order chi connectivity index (χ0) is 15.0. The SMILES string of the molecule is Cc1cccc(Nc2nc(C3CC3)nc(N)c2C)c1C#N. The van der Waals surface area contributed by atoms with E-state index in [1.165, 1.54) is 0 Å². The molecule has 0 aliphatic heterocycles. The third kappa shape index (κ3) is 2.52. The predicted molar refractivity (Wildman–Crippen MR) is 82.3 cm³/mol. The van der Waals surface area contributed by atoms with E-state index in [1.807, 2.05) is 32.0 Å². The summed E-state index contributed by atoms with van der Waals surface area (Å²) in [6, 6.07) is 7.94. The maximum atomic E-state index is 9.31. The van der Waals surface area contributed by atoms with Gasteiger partial charge in [0, 0.05) is 11.5 Å². The van der Waals surface area contributed by atoms with E-state index in [-0.39, 0.29) is 0 Å². The van der Waals surface area contributed by atoms with E-state index in [9.17, 15) is 5.26 Å². The fraction of sp³-hybridized carbons (Fsp3) is 0.312. The van der Waals surface area contributed by atoms with Gasteiger partial charge >= 0.3 is 0 Å². The molecule has 1 fully saturated rings. The lowest BCUT2D eigenvalue weighted by atomic mass is 10.1. The number of nitrogen functional groups attached to an aromatic ring is 1. The first-order valence-corrected chi connectivity index (χ1v) is 7.01. The highest BCUT2D eigenvalue weighted by Gasteiger charge is 2.28. The number of benzene rings is 1. The summed E-state index contributed by atoms with van der Waals surface area (Å²) in [5.74, 6) is 2.42. The molecule has 1 aromatic heterocycles. The second-order valence-electron chi connectivity index (χ2n) is 5.45. The first kappa shape index (κ1) is 13.4. The van der Waals surface area contributed by atoms with Crippen LogP contribution in [0.5, 0.6) is 0 Å². The number of nitrogens with two attached hydrogens (primary N) is 1. The topological polar surface area (TPSA) is 87.6 Å². The van der Waals surface area contributed by atoms with E-state index in [0.717, 1.165) is 35.5 Å². The molecule has 0 bridgehead atoms. The molecular weight excluding hydrogens is 262 g/mol. The molecule has 5 heteroatoms. The van der Waals surface area contributed by atoms with Gasteiger partial charge in [0.15, 0.2) is 0 Å². The van der Waals surface area contributed by atoms with Crippen LogP contribution in [-0.4, -0.2) is 9.97 Å². The molecule has 1 aliphatic rings. The van der Waals surface area contributed by atoms with Crippen molar-refractivity contribution >= 4 is 17.3 Å². The molecule has 0 radical (unpaired) electrons. The number of rotatable bonds is 3. The largest absolute Gasteiger partial charge is 0.383 e. The lowest BCUT2D eigenvalue weighted by Crippen LogP contribution is -2.07. The van der Waals surface area contributed by atoms with E-state index < -0.39 is 0 Å². The number of aromatic nitrogens is 2. The van der Waals surface area contributed by atoms with E-state index in [1.54, 1.807) is 0 Å². The van der Waals surface area contributed by atoms with Crippen LogP contribution in [0.4, 0.5) is 17.3 Å². The van der Waals surface area contributed by atoms with Gasteiger partial charge < -0.3 is 11.1 Å². The number of nitrogens with one attached hydrogen (secondary N) is 1. The summed E-state index contributed by atoms with van der Waals surface area (Å²) >= 11 is 0. The number of hydrogen-bond acceptors (Lipinski definition) is 5. The summed E-state index contributed by atoms with van der Waals surface area (Å²) in [5, 5.41) is 12.5. The first-order chi connectivity index (χ1) is 10.1. The maximum Gasteiger partial charge on any atom is 0.139 e. The predicted octanol–water partition coefficient (Wildman–Crippen LogP) is 3.17. The summed E-state index contributed by atoms with van der Waals surface area (Å²) in [5.41, 5.74) is 9.11. The van der Waals surface area contributed by atoms with E-state index in [0.29, 0.717) is 23.1 Å². The molecule has 3 rings (SSSR count). The van der Waals surface area contributed by atoms with Crippen LogP contribution in [0.1, 0.15) is 41.3 Å². The smallest absolute Gasteiger partial charge is 0.139 e. The highest BCUT2D eigenvalue weighted by Crippen LogP contribution is 2.39. The van der Waals surface area contributed by atoms with Crippen molar-refractivity contribution in [3.63, 3.8) is 0 Å². The zero-order valence-corrected chi connectivity index (χ0v) is 12.1. The van der Waals surface area contributed by atoms with Gasteiger partial charge in [-0.15, -0.1) is 0 Å². The molecule has 0 atom stereocenters. The standard InChI is InChI=1S/C16H17N5/c1-9-4-3-5-13(12(9)8-17)19-15-10(2)14(18)20-16(21-15)11-6-7-11/h3-5,11H,6-7H2,1-2H3,(H3,18,19,20,21). The first-order valence-electron chi connectivity index (χ1n) is 7.01. The molecule has 0 amide bonds. The van der Waals surface area contributed by atoms with Crippen LogP contribution in [0, 0.1) is 25.2 Å². The zero-order valence-electron chi connectivity index (χ0n) is 12.1. The van der Waals surface area contributed by atoms with Gasteiger partial charge in [0.05, 0.1) is 11.3 Å². The van der Waals surface area contributed by atoms with Crippen LogP contribution in [0.25, 0.3) is 0 Å². The number of hydrogen-bond donors (Lipinski definition) is 2. The fourth-order valence-electron chi connectivity index (χ4n) is 2.25.